The van der Waals surface area contributed by atoms with Gasteiger partial charge in [0.05, 0.1) is 18.1 Å². The lowest BCUT2D eigenvalue weighted by molar-refractivity contribution is 0.261. The molecule has 1 aromatic rings. The van der Waals surface area contributed by atoms with Crippen LogP contribution in [-0.2, 0) is 0 Å². The van der Waals surface area contributed by atoms with Crippen molar-refractivity contribution in [1.29, 1.82) is 5.26 Å². The van der Waals surface area contributed by atoms with Crippen molar-refractivity contribution in [3.63, 3.8) is 0 Å². The van der Waals surface area contributed by atoms with Gasteiger partial charge in [0.25, 0.3) is 0 Å². The Hall–Kier alpha value is -1.53. The summed E-state index contributed by atoms with van der Waals surface area (Å²) in [6.07, 6.45) is 0.704. The van der Waals surface area contributed by atoms with E-state index in [2.05, 4.69) is 12.1 Å². The zero-order valence-electron chi connectivity index (χ0n) is 11.7. The highest BCUT2D eigenvalue weighted by molar-refractivity contribution is 5.38. The highest BCUT2D eigenvalue weighted by Gasteiger charge is 2.17. The Balaban J connectivity index is 2.71. The van der Waals surface area contributed by atoms with Crippen LogP contribution in [0.1, 0.15) is 44.4 Å². The van der Waals surface area contributed by atoms with Gasteiger partial charge in [0.2, 0.25) is 0 Å². The summed E-state index contributed by atoms with van der Waals surface area (Å²) < 4.78 is 5.76. The molecule has 3 nitrogen and oxygen atoms in total. The summed E-state index contributed by atoms with van der Waals surface area (Å²) in [6, 6.07) is 8.23. The Morgan fingerprint density at radius 1 is 1.44 bits per heavy atom. The highest BCUT2D eigenvalue weighted by Crippen LogP contribution is 2.26. The quantitative estimate of drug-likeness (QED) is 0.866. The molecule has 18 heavy (non-hydrogen) atoms. The topological polar surface area (TPSA) is 59.0 Å². The molecule has 0 spiro atoms. The van der Waals surface area contributed by atoms with Crippen LogP contribution in [0, 0.1) is 23.7 Å². The van der Waals surface area contributed by atoms with E-state index in [1.54, 1.807) is 0 Å². The first-order valence-corrected chi connectivity index (χ1v) is 6.26. The van der Waals surface area contributed by atoms with Gasteiger partial charge < -0.3 is 10.5 Å². The van der Waals surface area contributed by atoms with E-state index >= 15 is 0 Å². The first kappa shape index (κ1) is 14.5. The monoisotopic (exact) mass is 246 g/mol. The molecule has 1 rings (SSSR count). The third-order valence-corrected chi connectivity index (χ3v) is 2.94. The molecule has 98 valence electrons. The fourth-order valence-electron chi connectivity index (χ4n) is 1.63. The Labute approximate surface area is 110 Å². The van der Waals surface area contributed by atoms with Gasteiger partial charge in [-0.05, 0) is 40.2 Å². The molecule has 0 aliphatic rings. The Kier molecular flexibility index (Phi) is 4.75. The van der Waals surface area contributed by atoms with E-state index in [4.69, 9.17) is 15.7 Å². The molecule has 0 fully saturated rings. The third-order valence-electron chi connectivity index (χ3n) is 2.94. The van der Waals surface area contributed by atoms with Crippen LogP contribution in [0.4, 0.5) is 0 Å². The minimum atomic E-state index is -0.348. The molecule has 0 saturated heterocycles. The SMILES string of the molecule is Cc1ccc(OCCC(C)(C)C#N)c([C@H](C)N)c1. The van der Waals surface area contributed by atoms with Crippen molar-refractivity contribution in [2.24, 2.45) is 11.1 Å². The van der Waals surface area contributed by atoms with Crippen molar-refractivity contribution >= 4 is 0 Å². The maximum Gasteiger partial charge on any atom is 0.124 e. The standard InChI is InChI=1S/C15H22N2O/c1-11-5-6-14(13(9-11)12(2)17)18-8-7-15(3,4)10-16/h5-6,9,12H,7-8,17H2,1-4H3/t12-/m0/s1. The number of aryl methyl sites for hydroxylation is 1. The van der Waals surface area contributed by atoms with Crippen molar-refractivity contribution in [1.82, 2.24) is 0 Å². The molecule has 2 N–H and O–H groups in total. The van der Waals surface area contributed by atoms with Gasteiger partial charge in [0.15, 0.2) is 0 Å². The zero-order valence-corrected chi connectivity index (χ0v) is 11.7. The minimum Gasteiger partial charge on any atom is -0.493 e. The van der Waals surface area contributed by atoms with E-state index in [9.17, 15) is 0 Å². The lowest BCUT2D eigenvalue weighted by Crippen LogP contribution is -2.14. The average Bonchev–Trinajstić information content (AvgIpc) is 2.30. The molecule has 0 amide bonds. The van der Waals surface area contributed by atoms with Gasteiger partial charge in [-0.15, -0.1) is 0 Å². The van der Waals surface area contributed by atoms with E-state index in [1.165, 1.54) is 5.56 Å². The summed E-state index contributed by atoms with van der Waals surface area (Å²) in [5, 5.41) is 8.94. The molecule has 1 atom stereocenters. The summed E-state index contributed by atoms with van der Waals surface area (Å²) in [6.45, 7) is 8.34. The number of ether oxygens (including phenoxy) is 1. The molecule has 0 radical (unpaired) electrons. The van der Waals surface area contributed by atoms with Gasteiger partial charge in [-0.1, -0.05) is 17.7 Å². The zero-order chi connectivity index (χ0) is 13.8. The van der Waals surface area contributed by atoms with Crippen molar-refractivity contribution in [2.45, 2.75) is 40.2 Å². The molecule has 0 aromatic heterocycles. The van der Waals surface area contributed by atoms with Crippen LogP contribution >= 0.6 is 0 Å². The van der Waals surface area contributed by atoms with Crippen LogP contribution in [-0.4, -0.2) is 6.61 Å². The second-order valence-electron chi connectivity index (χ2n) is 5.42. The molecular formula is C15H22N2O. The Morgan fingerprint density at radius 3 is 2.67 bits per heavy atom. The van der Waals surface area contributed by atoms with Gasteiger partial charge in [-0.3, -0.25) is 0 Å². The predicted molar refractivity (Wildman–Crippen MR) is 73.3 cm³/mol. The average molecular weight is 246 g/mol. The van der Waals surface area contributed by atoms with Crippen LogP contribution in [0.2, 0.25) is 0 Å². The van der Waals surface area contributed by atoms with Crippen molar-refractivity contribution < 1.29 is 4.74 Å². The molecule has 1 aromatic carbocycles. The molecule has 0 saturated carbocycles. The minimum absolute atomic E-state index is 0.0520. The maximum atomic E-state index is 8.94. The van der Waals surface area contributed by atoms with Crippen LogP contribution in [0.5, 0.6) is 5.75 Å². The summed E-state index contributed by atoms with van der Waals surface area (Å²) in [5.41, 5.74) is 7.78. The van der Waals surface area contributed by atoms with Gasteiger partial charge in [-0.2, -0.15) is 5.26 Å². The second kappa shape index (κ2) is 5.88. The van der Waals surface area contributed by atoms with E-state index in [0.29, 0.717) is 13.0 Å². The van der Waals surface area contributed by atoms with Gasteiger partial charge >= 0.3 is 0 Å². The lowest BCUT2D eigenvalue weighted by atomic mass is 9.92. The fourth-order valence-corrected chi connectivity index (χ4v) is 1.63. The van der Waals surface area contributed by atoms with E-state index in [-0.39, 0.29) is 11.5 Å². The van der Waals surface area contributed by atoms with Crippen LogP contribution in [0.25, 0.3) is 0 Å². The highest BCUT2D eigenvalue weighted by atomic mass is 16.5. The summed E-state index contributed by atoms with van der Waals surface area (Å²) in [5.74, 6) is 0.823. The molecule has 0 aliphatic heterocycles. The Morgan fingerprint density at radius 2 is 2.11 bits per heavy atom. The maximum absolute atomic E-state index is 8.94. The fraction of sp³-hybridized carbons (Fsp3) is 0.533. The molecule has 0 heterocycles. The van der Waals surface area contributed by atoms with Gasteiger partial charge in [0, 0.05) is 11.6 Å². The van der Waals surface area contributed by atoms with Gasteiger partial charge in [0.1, 0.15) is 5.75 Å². The lowest BCUT2D eigenvalue weighted by Gasteiger charge is -2.18. The number of nitriles is 1. The third kappa shape index (κ3) is 4.05. The first-order valence-electron chi connectivity index (χ1n) is 6.26. The number of hydrogen-bond acceptors (Lipinski definition) is 3. The summed E-state index contributed by atoms with van der Waals surface area (Å²) >= 11 is 0. The number of rotatable bonds is 5. The van der Waals surface area contributed by atoms with Crippen LogP contribution < -0.4 is 10.5 Å². The smallest absolute Gasteiger partial charge is 0.124 e. The number of nitrogens with two attached hydrogens (primary N) is 1. The second-order valence-corrected chi connectivity index (χ2v) is 5.42. The molecular weight excluding hydrogens is 224 g/mol. The van der Waals surface area contributed by atoms with E-state index in [0.717, 1.165) is 11.3 Å². The van der Waals surface area contributed by atoms with Crippen LogP contribution in [0.15, 0.2) is 18.2 Å². The first-order chi connectivity index (χ1) is 8.35. The Bertz CT molecular complexity index is 444. The normalized spacial score (nSPS) is 12.9. The van der Waals surface area contributed by atoms with Crippen molar-refractivity contribution in [3.05, 3.63) is 29.3 Å². The number of nitrogens with zero attached hydrogens (tertiary/aromatic N) is 1. The largest absolute Gasteiger partial charge is 0.493 e. The van der Waals surface area contributed by atoms with Crippen LogP contribution in [0.3, 0.4) is 0 Å². The molecule has 0 aliphatic carbocycles. The molecule has 0 unspecified atom stereocenters. The predicted octanol–water partition coefficient (Wildman–Crippen LogP) is 3.33. The summed E-state index contributed by atoms with van der Waals surface area (Å²) in [7, 11) is 0. The van der Waals surface area contributed by atoms with Crippen molar-refractivity contribution in [3.8, 4) is 11.8 Å². The number of benzene rings is 1. The van der Waals surface area contributed by atoms with Crippen molar-refractivity contribution in [2.75, 3.05) is 6.61 Å². The molecule has 3 heteroatoms. The van der Waals surface area contributed by atoms with Gasteiger partial charge in [-0.25, -0.2) is 0 Å². The van der Waals surface area contributed by atoms with E-state index in [1.807, 2.05) is 39.8 Å². The summed E-state index contributed by atoms with van der Waals surface area (Å²) in [4.78, 5) is 0. The van der Waals surface area contributed by atoms with E-state index < -0.39 is 0 Å². The number of hydrogen-bond donors (Lipinski definition) is 1. The molecule has 0 bridgehead atoms.